The molecule has 0 aromatic carbocycles. The van der Waals surface area contributed by atoms with Crippen LogP contribution in [0, 0.1) is 0 Å². The molecular formula is C6H7FN2O. The Morgan fingerprint density at radius 2 is 2.40 bits per heavy atom. The van der Waals surface area contributed by atoms with E-state index in [1.807, 2.05) is 0 Å². The lowest BCUT2D eigenvalue weighted by Crippen LogP contribution is -2.00. The smallest absolute Gasteiger partial charge is 0.232 e. The lowest BCUT2D eigenvalue weighted by Gasteiger charge is -1.98. The van der Waals surface area contributed by atoms with Crippen molar-refractivity contribution >= 4 is 0 Å². The van der Waals surface area contributed by atoms with Crippen LogP contribution in [-0.2, 0) is 0 Å². The first kappa shape index (κ1) is 6.92. The molecular weight excluding hydrogens is 135 g/mol. The Morgan fingerprint density at radius 1 is 1.50 bits per heavy atom. The van der Waals surface area contributed by atoms with Crippen LogP contribution in [0.1, 0.15) is 0 Å². The van der Waals surface area contributed by atoms with Crippen LogP contribution in [0.15, 0.2) is 18.6 Å². The minimum Gasteiger partial charge on any atom is -0.474 e. The van der Waals surface area contributed by atoms with Crippen LogP contribution in [-0.4, -0.2) is 23.2 Å². The van der Waals surface area contributed by atoms with E-state index in [2.05, 4.69) is 9.97 Å². The first-order chi connectivity index (χ1) is 4.93. The van der Waals surface area contributed by atoms with E-state index in [4.69, 9.17) is 4.74 Å². The summed E-state index contributed by atoms with van der Waals surface area (Å²) in [4.78, 5) is 7.49. The van der Waals surface area contributed by atoms with Crippen LogP contribution in [0.2, 0.25) is 0 Å². The maximum Gasteiger partial charge on any atom is 0.232 e. The van der Waals surface area contributed by atoms with Crippen LogP contribution in [0.5, 0.6) is 5.88 Å². The molecule has 1 aromatic heterocycles. The van der Waals surface area contributed by atoms with Crippen molar-refractivity contribution in [1.82, 2.24) is 9.97 Å². The summed E-state index contributed by atoms with van der Waals surface area (Å²) in [7, 11) is 0. The van der Waals surface area contributed by atoms with Gasteiger partial charge in [0.15, 0.2) is 0 Å². The van der Waals surface area contributed by atoms with Gasteiger partial charge in [-0.25, -0.2) is 9.37 Å². The minimum absolute atomic E-state index is 0.0404. The largest absolute Gasteiger partial charge is 0.474 e. The summed E-state index contributed by atoms with van der Waals surface area (Å²) < 4.78 is 16.3. The van der Waals surface area contributed by atoms with E-state index >= 15 is 0 Å². The molecule has 0 fully saturated rings. The van der Waals surface area contributed by atoms with Gasteiger partial charge in [-0.1, -0.05) is 0 Å². The molecule has 0 bridgehead atoms. The van der Waals surface area contributed by atoms with Crippen LogP contribution in [0.3, 0.4) is 0 Å². The second-order valence-electron chi connectivity index (χ2n) is 1.58. The van der Waals surface area contributed by atoms with Gasteiger partial charge in [-0.2, -0.15) is 0 Å². The molecule has 0 aliphatic rings. The highest BCUT2D eigenvalue weighted by Gasteiger charge is 1.90. The van der Waals surface area contributed by atoms with Crippen molar-refractivity contribution in [2.24, 2.45) is 0 Å². The summed E-state index contributed by atoms with van der Waals surface area (Å²) >= 11 is 0. The van der Waals surface area contributed by atoms with E-state index in [-0.39, 0.29) is 6.61 Å². The van der Waals surface area contributed by atoms with Gasteiger partial charge in [-0.3, -0.25) is 4.98 Å². The molecule has 0 saturated carbocycles. The Labute approximate surface area is 57.9 Å². The Bertz CT molecular complexity index is 180. The fourth-order valence-corrected chi connectivity index (χ4v) is 0.503. The zero-order valence-electron chi connectivity index (χ0n) is 5.33. The molecule has 0 aliphatic heterocycles. The number of hydrogen-bond donors (Lipinski definition) is 0. The quantitative estimate of drug-likeness (QED) is 0.626. The van der Waals surface area contributed by atoms with E-state index < -0.39 is 6.67 Å². The molecule has 0 N–H and O–H groups in total. The molecule has 0 saturated heterocycles. The van der Waals surface area contributed by atoms with Crippen molar-refractivity contribution in [2.45, 2.75) is 0 Å². The predicted molar refractivity (Wildman–Crippen MR) is 33.5 cm³/mol. The number of hydrogen-bond acceptors (Lipinski definition) is 3. The number of aromatic nitrogens is 2. The first-order valence-corrected chi connectivity index (χ1v) is 2.88. The van der Waals surface area contributed by atoms with E-state index in [1.54, 1.807) is 0 Å². The highest BCUT2D eigenvalue weighted by molar-refractivity contribution is 5.00. The SMILES string of the molecule is FCCOc1cnccn1. The zero-order valence-corrected chi connectivity index (χ0v) is 5.33. The van der Waals surface area contributed by atoms with Crippen molar-refractivity contribution in [1.29, 1.82) is 0 Å². The van der Waals surface area contributed by atoms with Crippen molar-refractivity contribution in [3.8, 4) is 5.88 Å². The first-order valence-electron chi connectivity index (χ1n) is 2.88. The third-order valence-electron chi connectivity index (χ3n) is 0.867. The van der Waals surface area contributed by atoms with Gasteiger partial charge in [0.2, 0.25) is 5.88 Å². The van der Waals surface area contributed by atoms with E-state index in [0.29, 0.717) is 5.88 Å². The van der Waals surface area contributed by atoms with Gasteiger partial charge in [0.1, 0.15) is 13.3 Å². The second kappa shape index (κ2) is 3.76. The molecule has 0 amide bonds. The molecule has 0 unspecified atom stereocenters. The van der Waals surface area contributed by atoms with Gasteiger partial charge in [0, 0.05) is 12.4 Å². The summed E-state index contributed by atoms with van der Waals surface area (Å²) in [5, 5.41) is 0. The predicted octanol–water partition coefficient (Wildman–Crippen LogP) is 0.825. The van der Waals surface area contributed by atoms with Crippen molar-refractivity contribution in [3.05, 3.63) is 18.6 Å². The second-order valence-corrected chi connectivity index (χ2v) is 1.58. The van der Waals surface area contributed by atoms with E-state index in [9.17, 15) is 4.39 Å². The van der Waals surface area contributed by atoms with Crippen molar-refractivity contribution < 1.29 is 9.13 Å². The molecule has 3 nitrogen and oxygen atoms in total. The molecule has 4 heteroatoms. The van der Waals surface area contributed by atoms with E-state index in [0.717, 1.165) is 0 Å². The highest BCUT2D eigenvalue weighted by atomic mass is 19.1. The topological polar surface area (TPSA) is 35.0 Å². The van der Waals surface area contributed by atoms with Gasteiger partial charge < -0.3 is 4.74 Å². The van der Waals surface area contributed by atoms with Crippen LogP contribution in [0.25, 0.3) is 0 Å². The van der Waals surface area contributed by atoms with Gasteiger partial charge in [0.05, 0.1) is 6.20 Å². The Hall–Kier alpha value is -1.19. The average molecular weight is 142 g/mol. The summed E-state index contributed by atoms with van der Waals surface area (Å²) in [5.74, 6) is 0.361. The fraction of sp³-hybridized carbons (Fsp3) is 0.333. The summed E-state index contributed by atoms with van der Waals surface area (Å²) in [6, 6.07) is 0. The number of halogens is 1. The standard InChI is InChI=1S/C6H7FN2O/c7-1-4-10-6-5-8-2-3-9-6/h2-3,5H,1,4H2. The molecule has 1 rings (SSSR count). The third-order valence-corrected chi connectivity index (χ3v) is 0.867. The van der Waals surface area contributed by atoms with Gasteiger partial charge in [-0.15, -0.1) is 0 Å². The number of rotatable bonds is 3. The Morgan fingerprint density at radius 3 is 3.00 bits per heavy atom. The van der Waals surface area contributed by atoms with Gasteiger partial charge in [0.25, 0.3) is 0 Å². The summed E-state index contributed by atoms with van der Waals surface area (Å²) in [6.45, 7) is -0.463. The minimum atomic E-state index is -0.503. The number of alkyl halides is 1. The van der Waals surface area contributed by atoms with Crippen molar-refractivity contribution in [3.63, 3.8) is 0 Å². The molecule has 1 heterocycles. The molecule has 0 radical (unpaired) electrons. The Kier molecular flexibility index (Phi) is 2.61. The van der Waals surface area contributed by atoms with Crippen LogP contribution < -0.4 is 4.74 Å². The maximum absolute atomic E-state index is 11.5. The van der Waals surface area contributed by atoms with Gasteiger partial charge in [-0.05, 0) is 0 Å². The number of ether oxygens (including phenoxy) is 1. The lowest BCUT2D eigenvalue weighted by atomic mass is 10.7. The maximum atomic E-state index is 11.5. The molecule has 0 aliphatic carbocycles. The molecule has 0 atom stereocenters. The fourth-order valence-electron chi connectivity index (χ4n) is 0.503. The molecule has 10 heavy (non-hydrogen) atoms. The molecule has 54 valence electrons. The summed E-state index contributed by atoms with van der Waals surface area (Å²) in [5.41, 5.74) is 0. The Balaban J connectivity index is 2.43. The lowest BCUT2D eigenvalue weighted by molar-refractivity contribution is 0.263. The van der Waals surface area contributed by atoms with Crippen LogP contribution in [0.4, 0.5) is 4.39 Å². The zero-order chi connectivity index (χ0) is 7.23. The number of nitrogens with zero attached hydrogens (tertiary/aromatic N) is 2. The summed E-state index contributed by atoms with van der Waals surface area (Å²) in [6.07, 6.45) is 4.46. The van der Waals surface area contributed by atoms with E-state index in [1.165, 1.54) is 18.6 Å². The molecule has 1 aromatic rings. The monoisotopic (exact) mass is 142 g/mol. The average Bonchev–Trinajstić information content (AvgIpc) is 2.03. The molecule has 0 spiro atoms. The highest BCUT2D eigenvalue weighted by Crippen LogP contribution is 1.99. The van der Waals surface area contributed by atoms with Gasteiger partial charge >= 0.3 is 0 Å². The normalized spacial score (nSPS) is 9.30. The third kappa shape index (κ3) is 1.97. The van der Waals surface area contributed by atoms with Crippen LogP contribution >= 0.6 is 0 Å². The van der Waals surface area contributed by atoms with Crippen molar-refractivity contribution in [2.75, 3.05) is 13.3 Å².